The Balaban J connectivity index is 1.49. The second kappa shape index (κ2) is 13.0. The quantitative estimate of drug-likeness (QED) is 0.268. The van der Waals surface area contributed by atoms with Crippen LogP contribution in [0.4, 0.5) is 0 Å². The van der Waals surface area contributed by atoms with Crippen molar-refractivity contribution in [2.45, 2.75) is 103 Å². The minimum Gasteiger partial charge on any atom is -0.508 e. The van der Waals surface area contributed by atoms with Gasteiger partial charge in [0, 0.05) is 29.7 Å². The number of carbonyl (C=O) groups is 1. The van der Waals surface area contributed by atoms with E-state index in [0.717, 1.165) is 49.8 Å². The number of carbonyl (C=O) groups excluding carboxylic acids is 1. The lowest BCUT2D eigenvalue weighted by atomic mass is 9.66. The normalized spacial score (nSPS) is 20.1. The van der Waals surface area contributed by atoms with Crippen LogP contribution in [-0.2, 0) is 10.2 Å². The highest BCUT2D eigenvalue weighted by molar-refractivity contribution is 5.80. The zero-order chi connectivity index (χ0) is 25.3. The van der Waals surface area contributed by atoms with Gasteiger partial charge in [-0.25, -0.2) is 0 Å². The Labute approximate surface area is 211 Å². The molecule has 1 unspecified atom stereocenters. The van der Waals surface area contributed by atoms with Crippen LogP contribution in [0.15, 0.2) is 42.5 Å². The maximum absolute atomic E-state index is 11.9. The van der Waals surface area contributed by atoms with Gasteiger partial charge in [0.25, 0.3) is 0 Å². The number of benzene rings is 2. The highest BCUT2D eigenvalue weighted by Crippen LogP contribution is 2.49. The first-order valence-corrected chi connectivity index (χ1v) is 13.6. The van der Waals surface area contributed by atoms with E-state index < -0.39 is 0 Å². The second-order valence-electron chi connectivity index (χ2n) is 10.7. The lowest BCUT2D eigenvalue weighted by Gasteiger charge is -2.43. The van der Waals surface area contributed by atoms with E-state index in [1.807, 2.05) is 18.2 Å². The largest absolute Gasteiger partial charge is 0.508 e. The summed E-state index contributed by atoms with van der Waals surface area (Å²) in [6, 6.07) is 13.0. The minimum absolute atomic E-state index is 0.191. The average molecular weight is 481 g/mol. The van der Waals surface area contributed by atoms with Crippen LogP contribution < -0.4 is 4.74 Å². The molecule has 3 atom stereocenters. The van der Waals surface area contributed by atoms with Gasteiger partial charge in [0.1, 0.15) is 23.0 Å². The maximum atomic E-state index is 11.9. The van der Waals surface area contributed by atoms with E-state index in [1.165, 1.54) is 37.7 Å². The molecule has 3 rings (SSSR count). The Bertz CT molecular complexity index is 935. The molecule has 0 spiro atoms. The van der Waals surface area contributed by atoms with E-state index in [9.17, 15) is 15.0 Å². The summed E-state index contributed by atoms with van der Waals surface area (Å²) in [6.45, 7) is 6.97. The Hall–Kier alpha value is -2.49. The summed E-state index contributed by atoms with van der Waals surface area (Å²) in [5.74, 6) is 2.24. The molecule has 35 heavy (non-hydrogen) atoms. The second-order valence-corrected chi connectivity index (χ2v) is 10.7. The van der Waals surface area contributed by atoms with Gasteiger partial charge in [-0.3, -0.25) is 4.79 Å². The lowest BCUT2D eigenvalue weighted by molar-refractivity contribution is -0.122. The molecule has 4 heteroatoms. The van der Waals surface area contributed by atoms with Gasteiger partial charge < -0.3 is 14.9 Å². The van der Waals surface area contributed by atoms with Crippen molar-refractivity contribution in [1.29, 1.82) is 0 Å². The predicted molar refractivity (Wildman–Crippen MR) is 142 cm³/mol. The molecule has 2 aromatic rings. The Morgan fingerprint density at radius 3 is 2.29 bits per heavy atom. The van der Waals surface area contributed by atoms with Crippen LogP contribution in [0, 0.1) is 5.92 Å². The maximum Gasteiger partial charge on any atom is 0.135 e. The Morgan fingerprint density at radius 2 is 1.60 bits per heavy atom. The monoisotopic (exact) mass is 480 g/mol. The molecule has 2 N–H and O–H groups in total. The van der Waals surface area contributed by atoms with Crippen LogP contribution >= 0.6 is 0 Å². The summed E-state index contributed by atoms with van der Waals surface area (Å²) >= 11 is 0. The van der Waals surface area contributed by atoms with Gasteiger partial charge in [-0.05, 0) is 48.6 Å². The Kier molecular flexibility index (Phi) is 10.1. The lowest BCUT2D eigenvalue weighted by Crippen LogP contribution is -2.40. The molecule has 1 aliphatic rings. The van der Waals surface area contributed by atoms with Crippen LogP contribution in [0.3, 0.4) is 0 Å². The predicted octanol–water partition coefficient (Wildman–Crippen LogP) is 8.05. The first kappa shape index (κ1) is 27.1. The van der Waals surface area contributed by atoms with E-state index in [0.29, 0.717) is 18.3 Å². The summed E-state index contributed by atoms with van der Waals surface area (Å²) in [4.78, 5) is 11.9. The third kappa shape index (κ3) is 7.25. The third-order valence-corrected chi connectivity index (χ3v) is 7.87. The van der Waals surface area contributed by atoms with Gasteiger partial charge >= 0.3 is 0 Å². The molecule has 0 bridgehead atoms. The number of fused-ring (bicyclic) bond motifs is 1. The average Bonchev–Trinajstić information content (AvgIpc) is 2.84. The highest BCUT2D eigenvalue weighted by Gasteiger charge is 2.42. The van der Waals surface area contributed by atoms with Gasteiger partial charge in [-0.1, -0.05) is 83.9 Å². The molecule has 192 valence electrons. The number of Topliss-reactive ketones (excluding diaryl/α,β-unsaturated/α-hetero) is 1. The molecular weight excluding hydrogens is 436 g/mol. The molecule has 0 radical (unpaired) electrons. The zero-order valence-electron chi connectivity index (χ0n) is 21.9. The standard InChI is InChI=1S/C31H44O4/c1-4-12-29(34)23(2)13-10-8-6-5-7-9-11-14-28-27-20-19-26(33)21-30(27)35-22-31(28,3)24-15-17-25(32)18-16-24/h15-21,23,28,32-33H,4-14,22H2,1-3H3/t23?,28-,31-/m1/s1. The minimum atomic E-state index is -0.191. The number of hydrogen-bond donors (Lipinski definition) is 2. The topological polar surface area (TPSA) is 66.8 Å². The third-order valence-electron chi connectivity index (χ3n) is 7.87. The molecule has 0 aromatic heterocycles. The van der Waals surface area contributed by atoms with Crippen molar-refractivity contribution >= 4 is 5.78 Å². The van der Waals surface area contributed by atoms with Crippen molar-refractivity contribution < 1.29 is 19.7 Å². The van der Waals surface area contributed by atoms with E-state index in [2.05, 4.69) is 20.8 Å². The van der Waals surface area contributed by atoms with Gasteiger partial charge in [0.05, 0.1) is 6.61 Å². The fraction of sp³-hybridized carbons (Fsp3) is 0.581. The summed E-state index contributed by atoms with van der Waals surface area (Å²) in [7, 11) is 0. The summed E-state index contributed by atoms with van der Waals surface area (Å²) in [5, 5.41) is 19.7. The number of ketones is 1. The van der Waals surface area contributed by atoms with Crippen LogP contribution in [0.25, 0.3) is 0 Å². The van der Waals surface area contributed by atoms with Crippen molar-refractivity contribution in [2.24, 2.45) is 5.92 Å². The molecule has 0 fully saturated rings. The smallest absolute Gasteiger partial charge is 0.135 e. The van der Waals surface area contributed by atoms with E-state index in [-0.39, 0.29) is 22.8 Å². The van der Waals surface area contributed by atoms with Crippen molar-refractivity contribution in [3.8, 4) is 17.2 Å². The summed E-state index contributed by atoms with van der Waals surface area (Å²) < 4.78 is 6.12. The molecule has 1 aliphatic heterocycles. The molecule has 0 saturated carbocycles. The van der Waals surface area contributed by atoms with Crippen LogP contribution in [0.5, 0.6) is 17.2 Å². The van der Waals surface area contributed by atoms with E-state index >= 15 is 0 Å². The number of aromatic hydroxyl groups is 2. The SMILES string of the molecule is CCCC(=O)C(C)CCCCCCCCC[C@@H]1c2ccc(O)cc2OC[C@]1(C)c1ccc(O)cc1. The fourth-order valence-corrected chi connectivity index (χ4v) is 5.54. The summed E-state index contributed by atoms with van der Waals surface area (Å²) in [6.07, 6.45) is 12.3. The van der Waals surface area contributed by atoms with Crippen molar-refractivity contribution in [2.75, 3.05) is 6.61 Å². The van der Waals surface area contributed by atoms with Crippen molar-refractivity contribution in [3.05, 3.63) is 53.6 Å². The van der Waals surface area contributed by atoms with Crippen LogP contribution in [0.1, 0.15) is 108 Å². The Morgan fingerprint density at radius 1 is 0.971 bits per heavy atom. The van der Waals surface area contributed by atoms with E-state index in [1.54, 1.807) is 24.3 Å². The van der Waals surface area contributed by atoms with E-state index in [4.69, 9.17) is 4.74 Å². The highest BCUT2D eigenvalue weighted by atomic mass is 16.5. The molecule has 1 heterocycles. The zero-order valence-corrected chi connectivity index (χ0v) is 21.9. The fourth-order valence-electron chi connectivity index (χ4n) is 5.54. The van der Waals surface area contributed by atoms with Crippen LogP contribution in [-0.4, -0.2) is 22.6 Å². The molecule has 0 aliphatic carbocycles. The van der Waals surface area contributed by atoms with Crippen LogP contribution in [0.2, 0.25) is 0 Å². The number of unbranched alkanes of at least 4 members (excludes halogenated alkanes) is 6. The van der Waals surface area contributed by atoms with Gasteiger partial charge in [-0.15, -0.1) is 0 Å². The van der Waals surface area contributed by atoms with Gasteiger partial charge in [0.2, 0.25) is 0 Å². The molecule has 0 saturated heterocycles. The van der Waals surface area contributed by atoms with Crippen molar-refractivity contribution in [3.63, 3.8) is 0 Å². The number of rotatable bonds is 14. The molecular formula is C31H44O4. The first-order chi connectivity index (χ1) is 16.8. The molecule has 4 nitrogen and oxygen atoms in total. The number of phenols is 2. The number of ether oxygens (including phenoxy) is 1. The van der Waals surface area contributed by atoms with Gasteiger partial charge in [-0.2, -0.15) is 0 Å². The number of phenolic OH excluding ortho intramolecular Hbond substituents is 2. The number of hydrogen-bond acceptors (Lipinski definition) is 4. The molecule has 0 amide bonds. The summed E-state index contributed by atoms with van der Waals surface area (Å²) in [5.41, 5.74) is 2.14. The molecule has 2 aromatic carbocycles. The first-order valence-electron chi connectivity index (χ1n) is 13.6. The van der Waals surface area contributed by atoms with Crippen molar-refractivity contribution in [1.82, 2.24) is 0 Å². The van der Waals surface area contributed by atoms with Gasteiger partial charge in [0.15, 0.2) is 0 Å².